The van der Waals surface area contributed by atoms with Gasteiger partial charge in [0.1, 0.15) is 11.4 Å². The zero-order valence-corrected chi connectivity index (χ0v) is 16.7. The molecule has 6 nitrogen and oxygen atoms in total. The molecule has 1 aliphatic carbocycles. The van der Waals surface area contributed by atoms with Gasteiger partial charge < -0.3 is 15.5 Å². The number of pyridine rings is 1. The van der Waals surface area contributed by atoms with Crippen molar-refractivity contribution in [2.75, 3.05) is 24.5 Å². The van der Waals surface area contributed by atoms with E-state index in [9.17, 15) is 9.59 Å². The summed E-state index contributed by atoms with van der Waals surface area (Å²) in [4.78, 5) is 32.1. The van der Waals surface area contributed by atoms with Crippen LogP contribution in [-0.4, -0.2) is 42.0 Å². The molecular weight excluding hydrogens is 364 g/mol. The lowest BCUT2D eigenvalue weighted by Crippen LogP contribution is -2.61. The summed E-state index contributed by atoms with van der Waals surface area (Å²) in [5, 5.41) is 6.68. The monoisotopic (exact) mass is 392 g/mol. The van der Waals surface area contributed by atoms with E-state index in [0.29, 0.717) is 11.6 Å². The van der Waals surface area contributed by atoms with Crippen molar-refractivity contribution in [3.05, 3.63) is 23.4 Å². The van der Waals surface area contributed by atoms with Gasteiger partial charge in [0.05, 0.1) is 5.02 Å². The predicted molar refractivity (Wildman–Crippen MR) is 107 cm³/mol. The number of piperidine rings is 1. The SMILES string of the molecule is CCNC(=O)C1(NC(=O)C2CCN(c3ccc(Cl)cn3)CC2)CCCCC1. The van der Waals surface area contributed by atoms with Crippen LogP contribution in [0.1, 0.15) is 51.9 Å². The second-order valence-corrected chi connectivity index (χ2v) is 8.02. The smallest absolute Gasteiger partial charge is 0.245 e. The van der Waals surface area contributed by atoms with Gasteiger partial charge in [0.15, 0.2) is 0 Å². The average molecular weight is 393 g/mol. The lowest BCUT2D eigenvalue weighted by molar-refractivity contribution is -0.137. The summed E-state index contributed by atoms with van der Waals surface area (Å²) in [6, 6.07) is 3.75. The van der Waals surface area contributed by atoms with Crippen LogP contribution in [0.25, 0.3) is 0 Å². The van der Waals surface area contributed by atoms with Crippen molar-refractivity contribution in [3.8, 4) is 0 Å². The summed E-state index contributed by atoms with van der Waals surface area (Å²) >= 11 is 5.90. The number of nitrogens with zero attached hydrogens (tertiary/aromatic N) is 2. The maximum atomic E-state index is 12.9. The molecule has 0 bridgehead atoms. The van der Waals surface area contributed by atoms with Crippen molar-refractivity contribution >= 4 is 29.2 Å². The number of carbonyl (C=O) groups is 2. The molecule has 0 unspecified atom stereocenters. The molecule has 1 saturated heterocycles. The number of anilines is 1. The Morgan fingerprint density at radius 2 is 1.93 bits per heavy atom. The average Bonchev–Trinajstić information content (AvgIpc) is 2.69. The first-order valence-electron chi connectivity index (χ1n) is 10.0. The molecule has 148 valence electrons. The lowest BCUT2D eigenvalue weighted by atomic mass is 9.80. The summed E-state index contributed by atoms with van der Waals surface area (Å²) in [6.45, 7) is 4.06. The molecule has 2 heterocycles. The standard InChI is InChI=1S/C20H29ClN4O2/c1-2-22-19(27)20(10-4-3-5-11-20)24-18(26)15-8-12-25(13-9-15)17-7-6-16(21)14-23-17/h6-7,14-15H,2-5,8-13H2,1H3,(H,22,27)(H,24,26). The van der Waals surface area contributed by atoms with Crippen LogP contribution in [-0.2, 0) is 9.59 Å². The number of hydrogen-bond acceptors (Lipinski definition) is 4. The molecule has 2 amide bonds. The van der Waals surface area contributed by atoms with Crippen molar-refractivity contribution in [2.24, 2.45) is 5.92 Å². The first-order valence-corrected chi connectivity index (χ1v) is 10.4. The number of aromatic nitrogens is 1. The van der Waals surface area contributed by atoms with Gasteiger partial charge in [0, 0.05) is 31.7 Å². The Hall–Kier alpha value is -1.82. The molecule has 1 aromatic heterocycles. The van der Waals surface area contributed by atoms with Gasteiger partial charge in [-0.25, -0.2) is 4.98 Å². The molecule has 7 heteroatoms. The van der Waals surface area contributed by atoms with E-state index in [2.05, 4.69) is 20.5 Å². The fourth-order valence-corrected chi connectivity index (χ4v) is 4.27. The zero-order chi connectivity index (χ0) is 19.3. The van der Waals surface area contributed by atoms with Crippen LogP contribution in [0, 0.1) is 5.92 Å². The maximum absolute atomic E-state index is 12.9. The largest absolute Gasteiger partial charge is 0.357 e. The highest BCUT2D eigenvalue weighted by Crippen LogP contribution is 2.30. The minimum atomic E-state index is -0.722. The Morgan fingerprint density at radius 3 is 2.52 bits per heavy atom. The van der Waals surface area contributed by atoms with Gasteiger partial charge in [-0.1, -0.05) is 30.9 Å². The van der Waals surface area contributed by atoms with Gasteiger partial charge >= 0.3 is 0 Å². The summed E-state index contributed by atoms with van der Waals surface area (Å²) in [7, 11) is 0. The molecule has 0 radical (unpaired) electrons. The third kappa shape index (κ3) is 4.72. The van der Waals surface area contributed by atoms with Crippen molar-refractivity contribution in [1.29, 1.82) is 0 Å². The fraction of sp³-hybridized carbons (Fsp3) is 0.650. The number of amides is 2. The Balaban J connectivity index is 1.59. The molecule has 0 atom stereocenters. The van der Waals surface area contributed by atoms with Crippen molar-refractivity contribution in [1.82, 2.24) is 15.6 Å². The zero-order valence-electron chi connectivity index (χ0n) is 16.0. The third-order valence-electron chi connectivity index (χ3n) is 5.74. The molecule has 0 aromatic carbocycles. The molecule has 1 saturated carbocycles. The van der Waals surface area contributed by atoms with Crippen LogP contribution >= 0.6 is 11.6 Å². The first kappa shape index (κ1) is 19.9. The Morgan fingerprint density at radius 1 is 1.22 bits per heavy atom. The second kappa shape index (κ2) is 8.91. The maximum Gasteiger partial charge on any atom is 0.245 e. The second-order valence-electron chi connectivity index (χ2n) is 7.59. The summed E-state index contributed by atoms with van der Waals surface area (Å²) in [6.07, 6.45) is 7.74. The minimum Gasteiger partial charge on any atom is -0.357 e. The summed E-state index contributed by atoms with van der Waals surface area (Å²) in [5.41, 5.74) is -0.722. The van der Waals surface area contributed by atoms with Crippen molar-refractivity contribution < 1.29 is 9.59 Å². The normalized spacial score (nSPS) is 20.1. The van der Waals surface area contributed by atoms with Gasteiger partial charge in [-0.2, -0.15) is 0 Å². The number of halogens is 1. The molecule has 2 fully saturated rings. The quantitative estimate of drug-likeness (QED) is 0.807. The highest BCUT2D eigenvalue weighted by Gasteiger charge is 2.42. The molecule has 27 heavy (non-hydrogen) atoms. The van der Waals surface area contributed by atoms with Crippen LogP contribution in [0.3, 0.4) is 0 Å². The molecule has 2 N–H and O–H groups in total. The third-order valence-corrected chi connectivity index (χ3v) is 5.97. The van der Waals surface area contributed by atoms with E-state index in [-0.39, 0.29) is 17.7 Å². The Kier molecular flexibility index (Phi) is 6.58. The van der Waals surface area contributed by atoms with Crippen molar-refractivity contribution in [2.45, 2.75) is 57.4 Å². The van der Waals surface area contributed by atoms with E-state index in [1.807, 2.05) is 19.1 Å². The van der Waals surface area contributed by atoms with E-state index in [1.165, 1.54) is 0 Å². The molecule has 1 aliphatic heterocycles. The fourth-order valence-electron chi connectivity index (χ4n) is 4.16. The van der Waals surface area contributed by atoms with Gasteiger partial charge in [-0.3, -0.25) is 9.59 Å². The van der Waals surface area contributed by atoms with Crippen LogP contribution in [0.15, 0.2) is 18.3 Å². The van der Waals surface area contributed by atoms with Crippen LogP contribution in [0.4, 0.5) is 5.82 Å². The van der Waals surface area contributed by atoms with Gasteiger partial charge in [-0.15, -0.1) is 0 Å². The van der Waals surface area contributed by atoms with E-state index in [0.717, 1.165) is 63.9 Å². The van der Waals surface area contributed by atoms with Gasteiger partial charge in [0.25, 0.3) is 0 Å². The van der Waals surface area contributed by atoms with Crippen LogP contribution in [0.5, 0.6) is 0 Å². The van der Waals surface area contributed by atoms with E-state index in [4.69, 9.17) is 11.6 Å². The highest BCUT2D eigenvalue weighted by atomic mass is 35.5. The van der Waals surface area contributed by atoms with Crippen LogP contribution < -0.4 is 15.5 Å². The Labute approximate surface area is 166 Å². The number of nitrogens with one attached hydrogen (secondary N) is 2. The molecular formula is C20H29ClN4O2. The van der Waals surface area contributed by atoms with Gasteiger partial charge in [-0.05, 0) is 44.7 Å². The molecule has 0 spiro atoms. The topological polar surface area (TPSA) is 74.3 Å². The number of carbonyl (C=O) groups excluding carboxylic acids is 2. The van der Waals surface area contributed by atoms with E-state index >= 15 is 0 Å². The van der Waals surface area contributed by atoms with E-state index < -0.39 is 5.54 Å². The molecule has 3 rings (SSSR count). The number of likely N-dealkylation sites (N-methyl/N-ethyl adjacent to an activating group) is 1. The Bertz CT molecular complexity index is 650. The van der Waals surface area contributed by atoms with Crippen LogP contribution in [0.2, 0.25) is 5.02 Å². The number of rotatable bonds is 5. The molecule has 1 aromatic rings. The predicted octanol–water partition coefficient (Wildman–Crippen LogP) is 2.91. The first-order chi connectivity index (χ1) is 13.0. The lowest BCUT2D eigenvalue weighted by Gasteiger charge is -2.39. The highest BCUT2D eigenvalue weighted by molar-refractivity contribution is 6.30. The van der Waals surface area contributed by atoms with Gasteiger partial charge in [0.2, 0.25) is 11.8 Å². The summed E-state index contributed by atoms with van der Waals surface area (Å²) in [5.74, 6) is 0.832. The van der Waals surface area contributed by atoms with E-state index in [1.54, 1.807) is 6.20 Å². The molecule has 2 aliphatic rings. The number of hydrogen-bond donors (Lipinski definition) is 2. The summed E-state index contributed by atoms with van der Waals surface area (Å²) < 4.78 is 0. The van der Waals surface area contributed by atoms with Crippen molar-refractivity contribution in [3.63, 3.8) is 0 Å². The minimum absolute atomic E-state index is 0.0202.